The van der Waals surface area contributed by atoms with E-state index in [0.717, 1.165) is 0 Å². The van der Waals surface area contributed by atoms with Crippen molar-refractivity contribution in [1.82, 2.24) is 0 Å². The zero-order chi connectivity index (χ0) is 18.8. The minimum absolute atomic E-state index is 0.0948. The third-order valence-electron chi connectivity index (χ3n) is 3.60. The van der Waals surface area contributed by atoms with Crippen LogP contribution in [-0.4, -0.2) is 5.97 Å². The van der Waals surface area contributed by atoms with Gasteiger partial charge >= 0.3 is 5.97 Å². The summed E-state index contributed by atoms with van der Waals surface area (Å²) in [4.78, 5) is 12.3. The largest absolute Gasteiger partial charge is 0.416 e. The van der Waals surface area contributed by atoms with Crippen LogP contribution in [-0.2, 0) is 0 Å². The van der Waals surface area contributed by atoms with E-state index in [9.17, 15) is 26.7 Å². The summed E-state index contributed by atoms with van der Waals surface area (Å²) in [5.41, 5.74) is 0.891. The van der Waals surface area contributed by atoms with Crippen LogP contribution in [0.25, 0.3) is 11.1 Å². The number of carbonyl (C=O) groups is 1. The van der Waals surface area contributed by atoms with E-state index in [1.807, 2.05) is 0 Å². The van der Waals surface area contributed by atoms with Gasteiger partial charge in [0.15, 0.2) is 0 Å². The molecule has 0 aliphatic carbocycles. The van der Waals surface area contributed by atoms with Gasteiger partial charge in [0.1, 0.15) is 0 Å². The van der Waals surface area contributed by atoms with Crippen LogP contribution in [0.4, 0.5) is 22.0 Å². The summed E-state index contributed by atoms with van der Waals surface area (Å²) in [6.07, 6.45) is 0. The second kappa shape index (κ2) is 6.95. The van der Waals surface area contributed by atoms with Gasteiger partial charge in [-0.05, 0) is 17.2 Å². The maximum Gasteiger partial charge on any atom is 0.344 e. The zero-order valence-electron chi connectivity index (χ0n) is 12.9. The van der Waals surface area contributed by atoms with Gasteiger partial charge in [0.2, 0.25) is 34.8 Å². The Hall–Kier alpha value is -3.22. The molecule has 0 N–H and O–H groups in total. The number of halogens is 5. The van der Waals surface area contributed by atoms with Crippen molar-refractivity contribution in [2.45, 2.75) is 0 Å². The molecule has 3 aromatic rings. The highest BCUT2D eigenvalue weighted by molar-refractivity contribution is 5.98. The SMILES string of the molecule is O=C(Oc1c(F)c(F)c(F)c(F)c1F)c1ccccc1-c1ccccc1. The molecule has 132 valence electrons. The van der Waals surface area contributed by atoms with E-state index < -0.39 is 40.8 Å². The van der Waals surface area contributed by atoms with Crippen molar-refractivity contribution in [1.29, 1.82) is 0 Å². The smallest absolute Gasteiger partial charge is 0.344 e. The van der Waals surface area contributed by atoms with Crippen molar-refractivity contribution < 1.29 is 31.5 Å². The van der Waals surface area contributed by atoms with Crippen molar-refractivity contribution in [3.63, 3.8) is 0 Å². The summed E-state index contributed by atoms with van der Waals surface area (Å²) in [7, 11) is 0. The molecule has 0 fully saturated rings. The molecule has 0 spiro atoms. The third kappa shape index (κ3) is 3.03. The molecule has 0 bridgehead atoms. The first kappa shape index (κ1) is 17.6. The second-order valence-electron chi connectivity index (χ2n) is 5.20. The van der Waals surface area contributed by atoms with Crippen LogP contribution in [0, 0.1) is 29.1 Å². The van der Waals surface area contributed by atoms with E-state index in [1.54, 1.807) is 42.5 Å². The molecule has 7 heteroatoms. The minimum Gasteiger partial charge on any atom is -0.416 e. The lowest BCUT2D eigenvalue weighted by molar-refractivity contribution is 0.0717. The van der Waals surface area contributed by atoms with Crippen molar-refractivity contribution in [2.24, 2.45) is 0 Å². The molecule has 2 nitrogen and oxygen atoms in total. The summed E-state index contributed by atoms with van der Waals surface area (Å²) in [5, 5.41) is 0. The van der Waals surface area contributed by atoms with Crippen LogP contribution >= 0.6 is 0 Å². The zero-order valence-corrected chi connectivity index (χ0v) is 12.9. The minimum atomic E-state index is -2.33. The maximum atomic E-state index is 13.7. The molecule has 0 atom stereocenters. The molecule has 0 saturated carbocycles. The summed E-state index contributed by atoms with van der Waals surface area (Å²) < 4.78 is 71.5. The molecule has 0 aliphatic heterocycles. The summed E-state index contributed by atoms with van der Waals surface area (Å²) >= 11 is 0. The summed E-state index contributed by atoms with van der Waals surface area (Å²) in [6, 6.07) is 14.5. The average Bonchev–Trinajstić information content (AvgIpc) is 2.68. The fourth-order valence-electron chi connectivity index (χ4n) is 2.35. The molecule has 0 amide bonds. The fourth-order valence-corrected chi connectivity index (χ4v) is 2.35. The van der Waals surface area contributed by atoms with E-state index in [0.29, 0.717) is 11.1 Å². The molecule has 3 rings (SSSR count). The first-order chi connectivity index (χ1) is 12.4. The van der Waals surface area contributed by atoms with E-state index in [1.165, 1.54) is 12.1 Å². The molecule has 0 aliphatic rings. The topological polar surface area (TPSA) is 26.3 Å². The Kier molecular flexibility index (Phi) is 4.71. The average molecular weight is 364 g/mol. The number of esters is 1. The number of hydrogen-bond donors (Lipinski definition) is 0. The number of benzene rings is 3. The summed E-state index contributed by atoms with van der Waals surface area (Å²) in [6.45, 7) is 0. The van der Waals surface area contributed by atoms with E-state index in [-0.39, 0.29) is 5.56 Å². The van der Waals surface area contributed by atoms with Crippen LogP contribution in [0.1, 0.15) is 10.4 Å². The van der Waals surface area contributed by atoms with Crippen LogP contribution < -0.4 is 4.74 Å². The Morgan fingerprint density at radius 2 is 1.15 bits per heavy atom. The molecule has 0 saturated heterocycles. The molecular formula is C19H9F5O2. The molecule has 0 radical (unpaired) electrons. The van der Waals surface area contributed by atoms with E-state index in [4.69, 9.17) is 0 Å². The molecule has 0 aromatic heterocycles. The van der Waals surface area contributed by atoms with Crippen molar-refractivity contribution in [3.05, 3.63) is 89.2 Å². The van der Waals surface area contributed by atoms with Gasteiger partial charge in [-0.25, -0.2) is 18.0 Å². The predicted octanol–water partition coefficient (Wildman–Crippen LogP) is 5.27. The van der Waals surface area contributed by atoms with Crippen molar-refractivity contribution in [3.8, 4) is 16.9 Å². The number of ether oxygens (including phenoxy) is 1. The maximum absolute atomic E-state index is 13.7. The second-order valence-corrected chi connectivity index (χ2v) is 5.20. The molecule has 26 heavy (non-hydrogen) atoms. The van der Waals surface area contributed by atoms with Gasteiger partial charge < -0.3 is 4.74 Å². The number of carbonyl (C=O) groups excluding carboxylic acids is 1. The fraction of sp³-hybridized carbons (Fsp3) is 0. The Balaban J connectivity index is 2.04. The normalized spacial score (nSPS) is 10.7. The number of rotatable bonds is 3. The van der Waals surface area contributed by atoms with Gasteiger partial charge in [-0.1, -0.05) is 48.5 Å². The van der Waals surface area contributed by atoms with Gasteiger partial charge in [0.05, 0.1) is 5.56 Å². The Morgan fingerprint density at radius 3 is 1.77 bits per heavy atom. The Labute approximate surface area is 144 Å². The lowest BCUT2D eigenvalue weighted by Gasteiger charge is -2.11. The molecular weight excluding hydrogens is 355 g/mol. The molecule has 0 heterocycles. The van der Waals surface area contributed by atoms with Crippen molar-refractivity contribution >= 4 is 5.97 Å². The highest BCUT2D eigenvalue weighted by Gasteiger charge is 2.29. The molecule has 3 aromatic carbocycles. The predicted molar refractivity (Wildman–Crippen MR) is 83.1 cm³/mol. The Bertz CT molecular complexity index is 958. The lowest BCUT2D eigenvalue weighted by atomic mass is 10.00. The van der Waals surface area contributed by atoms with Gasteiger partial charge in [0, 0.05) is 0 Å². The van der Waals surface area contributed by atoms with Gasteiger partial charge in [-0.2, -0.15) is 8.78 Å². The first-order valence-electron chi connectivity index (χ1n) is 7.30. The quantitative estimate of drug-likeness (QED) is 0.208. The first-order valence-corrected chi connectivity index (χ1v) is 7.30. The van der Waals surface area contributed by atoms with Crippen molar-refractivity contribution in [2.75, 3.05) is 0 Å². The van der Waals surface area contributed by atoms with E-state index in [2.05, 4.69) is 4.74 Å². The van der Waals surface area contributed by atoms with Gasteiger partial charge in [0.25, 0.3) is 0 Å². The number of hydrogen-bond acceptors (Lipinski definition) is 2. The van der Waals surface area contributed by atoms with E-state index >= 15 is 0 Å². The van der Waals surface area contributed by atoms with Crippen LogP contribution in [0.3, 0.4) is 0 Å². The van der Waals surface area contributed by atoms with Crippen LogP contribution in [0.2, 0.25) is 0 Å². The lowest BCUT2D eigenvalue weighted by Crippen LogP contribution is -2.14. The molecule has 0 unspecified atom stereocenters. The highest BCUT2D eigenvalue weighted by Crippen LogP contribution is 2.31. The summed E-state index contributed by atoms with van der Waals surface area (Å²) in [5.74, 6) is -14.0. The standard InChI is InChI=1S/C19H9F5O2/c20-13-14(21)16(23)18(17(24)15(13)22)26-19(25)12-9-5-4-8-11(12)10-6-2-1-3-7-10/h1-9H. The van der Waals surface area contributed by atoms with Gasteiger partial charge in [-0.3, -0.25) is 0 Å². The monoisotopic (exact) mass is 364 g/mol. The third-order valence-corrected chi connectivity index (χ3v) is 3.60. The van der Waals surface area contributed by atoms with Crippen LogP contribution in [0.5, 0.6) is 5.75 Å². The van der Waals surface area contributed by atoms with Crippen LogP contribution in [0.15, 0.2) is 54.6 Å². The van der Waals surface area contributed by atoms with Gasteiger partial charge in [-0.15, -0.1) is 0 Å². The Morgan fingerprint density at radius 1 is 0.654 bits per heavy atom. The highest BCUT2D eigenvalue weighted by atomic mass is 19.2.